The van der Waals surface area contributed by atoms with E-state index in [-0.39, 0.29) is 30.8 Å². The van der Waals surface area contributed by atoms with Gasteiger partial charge >= 0.3 is 25.4 Å². The quantitative estimate of drug-likeness (QED) is 0.126. The minimum atomic E-state index is -0.764. The fourth-order valence-electron chi connectivity index (χ4n) is 8.42. The van der Waals surface area contributed by atoms with Gasteiger partial charge in [-0.2, -0.15) is 0 Å². The summed E-state index contributed by atoms with van der Waals surface area (Å²) in [6.07, 6.45) is 0.223. The number of rotatable bonds is 8. The van der Waals surface area contributed by atoms with Crippen LogP contribution in [-0.2, 0) is 30.1 Å². The van der Waals surface area contributed by atoms with Gasteiger partial charge in [0.25, 0.3) is 0 Å². The maximum atomic E-state index is 13.0. The lowest BCUT2D eigenvalue weighted by molar-refractivity contribution is -0.329. The predicted octanol–water partition coefficient (Wildman–Crippen LogP) is 4.56. The van der Waals surface area contributed by atoms with E-state index >= 15 is 0 Å². The summed E-state index contributed by atoms with van der Waals surface area (Å²) in [6, 6.07) is 9.49. The molecule has 5 aliphatic rings. The monoisotopic (exact) mass is 624 g/mol. The van der Waals surface area contributed by atoms with E-state index in [0.29, 0.717) is 36.0 Å². The van der Waals surface area contributed by atoms with Gasteiger partial charge in [0.1, 0.15) is 17.8 Å². The van der Waals surface area contributed by atoms with Gasteiger partial charge in [-0.15, -0.1) is 0 Å². The van der Waals surface area contributed by atoms with Crippen LogP contribution in [0.15, 0.2) is 35.3 Å². The lowest BCUT2D eigenvalue weighted by Gasteiger charge is -2.75. The maximum Gasteiger partial charge on any atom is 0.481 e. The number of nitrogens with zero attached hydrogens (tertiary/aromatic N) is 1. The fourth-order valence-corrected chi connectivity index (χ4v) is 8.42. The third kappa shape index (κ3) is 5.89. The average Bonchev–Trinajstić information content (AvgIpc) is 3.44. The van der Waals surface area contributed by atoms with Crippen molar-refractivity contribution in [3.05, 3.63) is 35.9 Å². The largest absolute Gasteiger partial charge is 0.481 e. The molecule has 3 amide bonds. The van der Waals surface area contributed by atoms with Crippen LogP contribution in [-0.4, -0.2) is 66.8 Å². The summed E-state index contributed by atoms with van der Waals surface area (Å²) in [4.78, 5) is 42.3. The van der Waals surface area contributed by atoms with Crippen LogP contribution in [0.1, 0.15) is 73.3 Å². The summed E-state index contributed by atoms with van der Waals surface area (Å²) in [6.45, 7) is 13.0. The number of guanidine groups is 1. The van der Waals surface area contributed by atoms with Crippen LogP contribution in [0.25, 0.3) is 0 Å². The Morgan fingerprint density at radius 1 is 1.02 bits per heavy atom. The lowest BCUT2D eigenvalue weighted by Crippen LogP contribution is -2.81. The molecule has 1 aliphatic heterocycles. The Balaban J connectivity index is 1.10. The molecule has 244 valence electrons. The second-order valence-corrected chi connectivity index (χ2v) is 15.1. The highest BCUT2D eigenvalue weighted by atomic mass is 16.6. The molecule has 0 radical (unpaired) electrons. The summed E-state index contributed by atoms with van der Waals surface area (Å²) in [5.74, 6) is 1.84. The van der Waals surface area contributed by atoms with E-state index in [1.54, 1.807) is 41.5 Å². The van der Waals surface area contributed by atoms with Crippen molar-refractivity contribution in [3.63, 3.8) is 0 Å². The van der Waals surface area contributed by atoms with Gasteiger partial charge in [0.05, 0.1) is 17.6 Å². The summed E-state index contributed by atoms with van der Waals surface area (Å²) >= 11 is 0. The number of hydrogen-bond acceptors (Lipinski definition) is 9. The molecular weight excluding hydrogens is 579 g/mol. The first-order valence-corrected chi connectivity index (χ1v) is 16.0. The highest BCUT2D eigenvalue weighted by Crippen LogP contribution is 2.98. The third-order valence-electron chi connectivity index (χ3n) is 9.86. The van der Waals surface area contributed by atoms with Crippen molar-refractivity contribution >= 4 is 31.4 Å². The number of aliphatic imine (C=N–C) groups is 1. The van der Waals surface area contributed by atoms with Gasteiger partial charge in [-0.3, -0.25) is 15.6 Å². The molecule has 8 atom stereocenters. The molecule has 1 spiro atoms. The van der Waals surface area contributed by atoms with Gasteiger partial charge in [-0.05, 0) is 96.5 Å². The van der Waals surface area contributed by atoms with Gasteiger partial charge in [0.15, 0.2) is 0 Å². The van der Waals surface area contributed by atoms with Crippen LogP contribution < -0.4 is 16.0 Å². The molecule has 45 heavy (non-hydrogen) atoms. The topological polar surface area (TPSA) is 146 Å². The van der Waals surface area contributed by atoms with E-state index in [0.717, 1.165) is 11.5 Å². The Labute approximate surface area is 264 Å². The minimum Gasteiger partial charge on any atom is -0.445 e. The number of fused-ring (bicyclic) bond motifs is 3. The smallest absolute Gasteiger partial charge is 0.445 e. The molecule has 5 fully saturated rings. The van der Waals surface area contributed by atoms with Crippen molar-refractivity contribution in [3.8, 4) is 0 Å². The van der Waals surface area contributed by atoms with Crippen molar-refractivity contribution < 1.29 is 37.9 Å². The van der Waals surface area contributed by atoms with E-state index in [9.17, 15) is 14.4 Å². The first kappa shape index (κ1) is 31.7. The number of ether oxygens (including phenoxy) is 3. The zero-order valence-corrected chi connectivity index (χ0v) is 27.2. The van der Waals surface area contributed by atoms with Crippen molar-refractivity contribution in [2.45, 2.75) is 103 Å². The molecule has 1 heterocycles. The number of amides is 3. The Morgan fingerprint density at radius 2 is 1.67 bits per heavy atom. The molecule has 4 aliphatic carbocycles. The van der Waals surface area contributed by atoms with Crippen molar-refractivity contribution in [1.82, 2.24) is 16.0 Å². The first-order chi connectivity index (χ1) is 21.1. The standard InChI is InChI=1S/C32H45BN4O8/c1-29(2,3)42-27(39)36-25(37-28(40)43-30(4,5)6)34-15-11-14-21(35-26(38)41-17-18-12-9-8-10-13-18)33-44-23-22-19-16-20-31(7,45-33)24(23)32(19,20)22/h8-10,12-13,19-24H,11,14-17H2,1-7H3,(H,35,38)(H2,34,36,37,39,40)/t19-,20+,21?,22?,23?,24?,31-,32?/m0/s1. The van der Waals surface area contributed by atoms with Gasteiger partial charge in [-0.25, -0.2) is 14.4 Å². The number of carbonyl (C=O) groups excluding carboxylic acids is 3. The molecule has 0 aromatic heterocycles. The molecule has 13 heteroatoms. The van der Waals surface area contributed by atoms with E-state index < -0.39 is 42.5 Å². The van der Waals surface area contributed by atoms with E-state index in [1.807, 2.05) is 30.3 Å². The second-order valence-electron chi connectivity index (χ2n) is 15.1. The molecule has 12 nitrogen and oxygen atoms in total. The summed E-state index contributed by atoms with van der Waals surface area (Å²) < 4.78 is 29.4. The normalized spacial score (nSPS) is 32.1. The lowest BCUT2D eigenvalue weighted by atomic mass is 9.36. The molecule has 1 aromatic carbocycles. The molecule has 1 aromatic rings. The van der Waals surface area contributed by atoms with Crippen LogP contribution in [0.3, 0.4) is 0 Å². The van der Waals surface area contributed by atoms with Crippen LogP contribution in [0.4, 0.5) is 14.4 Å². The Bertz CT molecular complexity index is 1330. The van der Waals surface area contributed by atoms with Gasteiger partial charge in [0.2, 0.25) is 5.96 Å². The van der Waals surface area contributed by atoms with Gasteiger partial charge < -0.3 is 28.8 Å². The SMILES string of the molecule is CC(C)(C)OC(=O)NC(=NCCCC(NC(=O)OCc1ccccc1)B1OC2C3[C@@H]4C[C@H]5C34C2[C@@]5(C)O1)NC(=O)OC(C)(C)C. The highest BCUT2D eigenvalue weighted by molar-refractivity contribution is 6.47. The fraction of sp³-hybridized carbons (Fsp3) is 0.688. The predicted molar refractivity (Wildman–Crippen MR) is 165 cm³/mol. The zero-order chi connectivity index (χ0) is 32.4. The zero-order valence-electron chi connectivity index (χ0n) is 27.2. The molecule has 0 bridgehead atoms. The highest BCUT2D eigenvalue weighted by Gasteiger charge is 3.01. The summed E-state index contributed by atoms with van der Waals surface area (Å²) in [5.41, 5.74) is -0.353. The molecular formula is C32H45BN4O8. The summed E-state index contributed by atoms with van der Waals surface area (Å²) in [7, 11) is -0.621. The van der Waals surface area contributed by atoms with Gasteiger partial charge in [0, 0.05) is 12.5 Å². The van der Waals surface area contributed by atoms with Crippen LogP contribution in [0.5, 0.6) is 0 Å². The molecule has 4 saturated carbocycles. The molecule has 1 saturated heterocycles. The van der Waals surface area contributed by atoms with Crippen molar-refractivity contribution in [2.75, 3.05) is 6.54 Å². The number of benzene rings is 1. The Kier molecular flexibility index (Phi) is 7.87. The van der Waals surface area contributed by atoms with Crippen LogP contribution in [0, 0.1) is 29.1 Å². The molecule has 6 rings (SSSR count). The first-order valence-electron chi connectivity index (χ1n) is 16.0. The average molecular weight is 625 g/mol. The van der Waals surface area contributed by atoms with Crippen LogP contribution in [0.2, 0.25) is 0 Å². The van der Waals surface area contributed by atoms with E-state index in [1.165, 1.54) is 6.42 Å². The van der Waals surface area contributed by atoms with Crippen LogP contribution >= 0.6 is 0 Å². The number of carbonyl (C=O) groups is 3. The minimum absolute atomic E-state index is 0.0976. The molecule has 5 unspecified atom stereocenters. The Hall–Kier alpha value is -3.32. The van der Waals surface area contributed by atoms with Crippen molar-refractivity contribution in [1.29, 1.82) is 0 Å². The number of nitrogens with one attached hydrogen (secondary N) is 3. The number of alkyl carbamates (subject to hydrolysis) is 3. The molecule has 3 N–H and O–H groups in total. The number of hydrogen-bond donors (Lipinski definition) is 3. The van der Waals surface area contributed by atoms with Crippen molar-refractivity contribution in [2.24, 2.45) is 34.1 Å². The van der Waals surface area contributed by atoms with E-state index in [4.69, 9.17) is 23.5 Å². The third-order valence-corrected chi connectivity index (χ3v) is 9.86. The summed E-state index contributed by atoms with van der Waals surface area (Å²) in [5, 5.41) is 7.99. The van der Waals surface area contributed by atoms with Gasteiger partial charge in [-0.1, -0.05) is 30.3 Å². The van der Waals surface area contributed by atoms with E-state index in [2.05, 4.69) is 27.9 Å². The Morgan fingerprint density at radius 3 is 2.29 bits per heavy atom. The maximum absolute atomic E-state index is 13.0. The second kappa shape index (κ2) is 11.2.